The summed E-state index contributed by atoms with van der Waals surface area (Å²) in [7, 11) is 1.48. The lowest BCUT2D eigenvalue weighted by Crippen LogP contribution is -2.26. The molecular weight excluding hydrogens is 382 g/mol. The number of aryl methyl sites for hydroxylation is 1. The summed E-state index contributed by atoms with van der Waals surface area (Å²) in [6, 6.07) is 4.98. The molecule has 2 atom stereocenters. The number of hydrogen-bond donors (Lipinski definition) is 2. The van der Waals surface area contributed by atoms with E-state index in [4.69, 9.17) is 4.74 Å². The third kappa shape index (κ3) is 4.65. The lowest BCUT2D eigenvalue weighted by molar-refractivity contribution is -0.128. The molecule has 1 aromatic heterocycles. The van der Waals surface area contributed by atoms with E-state index >= 15 is 0 Å². The van der Waals surface area contributed by atoms with Crippen LogP contribution >= 0.6 is 0 Å². The third-order valence-corrected chi connectivity index (χ3v) is 5.70. The molecule has 1 heterocycles. The van der Waals surface area contributed by atoms with Crippen LogP contribution in [0.1, 0.15) is 60.9 Å². The molecule has 30 heavy (non-hydrogen) atoms. The molecule has 160 valence electrons. The molecule has 0 amide bonds. The summed E-state index contributed by atoms with van der Waals surface area (Å²) in [4.78, 5) is 29.8. The van der Waals surface area contributed by atoms with Gasteiger partial charge in [0.1, 0.15) is 11.6 Å². The SMILES string of the molecule is CCCC1c2c(CO)c[n-]c2C=CC1C(=O)CC(=O)CCc1ccc(O)c(OC)c1. The van der Waals surface area contributed by atoms with Crippen LogP contribution in [0.2, 0.25) is 0 Å². The number of benzene rings is 1. The lowest BCUT2D eigenvalue weighted by Gasteiger charge is -2.30. The van der Waals surface area contributed by atoms with Gasteiger partial charge in [0.05, 0.1) is 20.1 Å². The van der Waals surface area contributed by atoms with Gasteiger partial charge in [-0.1, -0.05) is 37.1 Å². The third-order valence-electron chi connectivity index (χ3n) is 5.70. The highest BCUT2D eigenvalue weighted by Gasteiger charge is 2.31. The van der Waals surface area contributed by atoms with Crippen LogP contribution in [-0.4, -0.2) is 28.9 Å². The molecule has 6 nitrogen and oxygen atoms in total. The molecule has 0 bridgehead atoms. The number of rotatable bonds is 10. The van der Waals surface area contributed by atoms with Crippen molar-refractivity contribution in [2.75, 3.05) is 7.11 Å². The second-order valence-electron chi connectivity index (χ2n) is 7.71. The molecule has 3 rings (SSSR count). The number of Topliss-reactive ketones (excluding diaryl/α,β-unsaturated/α-hetero) is 2. The minimum atomic E-state index is -0.371. The van der Waals surface area contributed by atoms with E-state index in [0.29, 0.717) is 12.2 Å². The molecule has 6 heteroatoms. The first-order valence-corrected chi connectivity index (χ1v) is 10.3. The maximum atomic E-state index is 13.0. The fraction of sp³-hybridized carbons (Fsp3) is 0.417. The Morgan fingerprint density at radius 3 is 2.77 bits per heavy atom. The number of ketones is 2. The molecule has 0 spiro atoms. The smallest absolute Gasteiger partial charge is 0.160 e. The number of phenols is 1. The van der Waals surface area contributed by atoms with Gasteiger partial charge in [-0.3, -0.25) is 9.59 Å². The Morgan fingerprint density at radius 2 is 2.07 bits per heavy atom. The molecule has 0 saturated carbocycles. The summed E-state index contributed by atoms with van der Waals surface area (Å²) in [5.74, 6) is -0.203. The van der Waals surface area contributed by atoms with Gasteiger partial charge in [0.2, 0.25) is 0 Å². The average Bonchev–Trinajstić information content (AvgIpc) is 3.17. The molecule has 0 saturated heterocycles. The number of methoxy groups -OCH3 is 1. The normalized spacial score (nSPS) is 17.6. The summed E-state index contributed by atoms with van der Waals surface area (Å²) in [5.41, 5.74) is 3.39. The van der Waals surface area contributed by atoms with Crippen molar-refractivity contribution >= 4 is 17.6 Å². The highest BCUT2D eigenvalue weighted by Crippen LogP contribution is 2.40. The van der Waals surface area contributed by atoms with Crippen LogP contribution in [-0.2, 0) is 22.6 Å². The average molecular weight is 410 g/mol. The standard InChI is InChI=1S/C24H28NO5/c1-3-4-19-18(8-9-20-24(19)16(14-26)13-25-20)22(29)12-17(27)7-5-15-6-10-21(28)23(11-15)30-2/h6,8-11,13,18-19,26,28H,3-5,7,12,14H2,1-2H3/q-1. The van der Waals surface area contributed by atoms with Crippen molar-refractivity contribution in [3.63, 3.8) is 0 Å². The summed E-state index contributed by atoms with van der Waals surface area (Å²) >= 11 is 0. The zero-order valence-electron chi connectivity index (χ0n) is 17.4. The number of aliphatic hydroxyl groups is 1. The highest BCUT2D eigenvalue weighted by molar-refractivity contribution is 6.01. The first-order chi connectivity index (χ1) is 14.5. The highest BCUT2D eigenvalue weighted by atomic mass is 16.5. The first kappa shape index (κ1) is 21.8. The number of ether oxygens (including phenoxy) is 1. The Morgan fingerprint density at radius 1 is 1.27 bits per heavy atom. The van der Waals surface area contributed by atoms with Gasteiger partial charge in [0, 0.05) is 12.3 Å². The van der Waals surface area contributed by atoms with E-state index in [-0.39, 0.29) is 48.6 Å². The van der Waals surface area contributed by atoms with Crippen molar-refractivity contribution in [3.8, 4) is 11.5 Å². The molecule has 1 aliphatic carbocycles. The second-order valence-corrected chi connectivity index (χ2v) is 7.71. The number of aromatic hydroxyl groups is 1. The van der Waals surface area contributed by atoms with Crippen molar-refractivity contribution in [2.24, 2.45) is 5.92 Å². The van der Waals surface area contributed by atoms with Gasteiger partial charge in [-0.05, 0) is 42.0 Å². The number of nitrogens with zero attached hydrogens (tertiary/aromatic N) is 1. The second kappa shape index (κ2) is 9.76. The molecule has 2 unspecified atom stereocenters. The minimum Gasteiger partial charge on any atom is -0.664 e. The van der Waals surface area contributed by atoms with Crippen molar-refractivity contribution < 1.29 is 24.5 Å². The number of aliphatic hydroxyl groups excluding tert-OH is 1. The van der Waals surface area contributed by atoms with E-state index < -0.39 is 0 Å². The van der Waals surface area contributed by atoms with Crippen LogP contribution in [0.3, 0.4) is 0 Å². The number of fused-ring (bicyclic) bond motifs is 1. The molecule has 0 aliphatic heterocycles. The number of hydrogen-bond acceptors (Lipinski definition) is 5. The van der Waals surface area contributed by atoms with E-state index in [2.05, 4.69) is 11.9 Å². The van der Waals surface area contributed by atoms with E-state index in [1.165, 1.54) is 13.2 Å². The Labute approximate surface area is 176 Å². The number of carbonyl (C=O) groups is 2. The quantitative estimate of drug-likeness (QED) is 0.582. The summed E-state index contributed by atoms with van der Waals surface area (Å²) in [5, 5.41) is 19.3. The van der Waals surface area contributed by atoms with Crippen LogP contribution in [0.5, 0.6) is 11.5 Å². The molecular formula is C24H28NO5-. The minimum absolute atomic E-state index is 0.0532. The van der Waals surface area contributed by atoms with Gasteiger partial charge in [-0.25, -0.2) is 0 Å². The predicted molar refractivity (Wildman–Crippen MR) is 113 cm³/mol. The van der Waals surface area contributed by atoms with Crippen molar-refractivity contribution in [1.82, 2.24) is 4.98 Å². The number of phenolic OH excluding ortho intramolecular Hbond substituents is 1. The van der Waals surface area contributed by atoms with E-state index in [0.717, 1.165) is 35.2 Å². The number of carbonyl (C=O) groups excluding carboxylic acids is 2. The van der Waals surface area contributed by atoms with Gasteiger partial charge >= 0.3 is 0 Å². The van der Waals surface area contributed by atoms with E-state index in [9.17, 15) is 19.8 Å². The number of aromatic nitrogens is 1. The van der Waals surface area contributed by atoms with Gasteiger partial charge in [-0.15, -0.1) is 5.69 Å². The zero-order chi connectivity index (χ0) is 21.7. The van der Waals surface area contributed by atoms with Gasteiger partial charge < -0.3 is 19.9 Å². The Balaban J connectivity index is 1.65. The maximum Gasteiger partial charge on any atom is 0.160 e. The maximum absolute atomic E-state index is 13.0. The predicted octanol–water partition coefficient (Wildman–Crippen LogP) is 3.54. The van der Waals surface area contributed by atoms with E-state index in [1.54, 1.807) is 18.3 Å². The Kier molecular flexibility index (Phi) is 7.11. The van der Waals surface area contributed by atoms with Crippen LogP contribution in [0, 0.1) is 5.92 Å². The Hall–Kier alpha value is -2.86. The fourth-order valence-corrected chi connectivity index (χ4v) is 4.17. The first-order valence-electron chi connectivity index (χ1n) is 10.3. The molecule has 2 aromatic rings. The zero-order valence-corrected chi connectivity index (χ0v) is 17.4. The Bertz CT molecular complexity index is 943. The monoisotopic (exact) mass is 410 g/mol. The molecule has 0 fully saturated rings. The molecule has 2 N–H and O–H groups in total. The summed E-state index contributed by atoms with van der Waals surface area (Å²) in [6.45, 7) is 1.96. The van der Waals surface area contributed by atoms with Gasteiger partial charge in [-0.2, -0.15) is 6.20 Å². The summed E-state index contributed by atoms with van der Waals surface area (Å²) in [6.07, 6.45) is 7.67. The largest absolute Gasteiger partial charge is 0.664 e. The van der Waals surface area contributed by atoms with Crippen molar-refractivity contribution in [1.29, 1.82) is 0 Å². The molecule has 0 radical (unpaired) electrons. The molecule has 1 aromatic carbocycles. The lowest BCUT2D eigenvalue weighted by atomic mass is 9.75. The topological polar surface area (TPSA) is 97.9 Å². The summed E-state index contributed by atoms with van der Waals surface area (Å²) < 4.78 is 5.09. The van der Waals surface area contributed by atoms with Crippen LogP contribution < -0.4 is 9.72 Å². The van der Waals surface area contributed by atoms with Gasteiger partial charge in [0.25, 0.3) is 0 Å². The van der Waals surface area contributed by atoms with Crippen LogP contribution in [0.15, 0.2) is 30.5 Å². The fourth-order valence-electron chi connectivity index (χ4n) is 4.17. The van der Waals surface area contributed by atoms with Crippen LogP contribution in [0.25, 0.3) is 6.08 Å². The molecule has 1 aliphatic rings. The van der Waals surface area contributed by atoms with Crippen molar-refractivity contribution in [3.05, 3.63) is 52.9 Å². The number of allylic oxidation sites excluding steroid dienone is 1. The van der Waals surface area contributed by atoms with Gasteiger partial charge in [0.15, 0.2) is 11.5 Å². The van der Waals surface area contributed by atoms with E-state index in [1.807, 2.05) is 12.2 Å². The van der Waals surface area contributed by atoms with Crippen molar-refractivity contribution in [2.45, 2.75) is 51.6 Å². The van der Waals surface area contributed by atoms with Crippen LogP contribution in [0.4, 0.5) is 0 Å².